The number of nitrogens with zero attached hydrogens (tertiary/aromatic N) is 3. The molecule has 0 aliphatic carbocycles. The van der Waals surface area contributed by atoms with Gasteiger partial charge in [0.1, 0.15) is 5.82 Å². The number of fused-ring (bicyclic) bond motifs is 3. The number of morpholine rings is 1. The van der Waals surface area contributed by atoms with Gasteiger partial charge in [-0.2, -0.15) is 13.2 Å². The van der Waals surface area contributed by atoms with Crippen LogP contribution in [-0.4, -0.2) is 40.5 Å². The van der Waals surface area contributed by atoms with Crippen LogP contribution in [0.5, 0.6) is 0 Å². The van der Waals surface area contributed by atoms with E-state index in [4.69, 9.17) is 26.8 Å². The van der Waals surface area contributed by atoms with Gasteiger partial charge in [-0.3, -0.25) is 9.78 Å². The molecule has 0 bridgehead atoms. The molecule has 2 aliphatic rings. The Bertz CT molecular complexity index is 1250. The molecule has 0 spiro atoms. The number of hydrogen-bond donors (Lipinski definition) is 1. The number of carbonyl (C=O) groups excluding carboxylic acids is 1. The number of ether oxygens (including phenoxy) is 2. The van der Waals surface area contributed by atoms with Crippen LogP contribution in [0.2, 0.25) is 5.02 Å². The Balaban J connectivity index is 1.52. The number of nitrogens with two attached hydrogens (primary N) is 1. The molecule has 0 radical (unpaired) electrons. The Hall–Kier alpha value is -2.95. The van der Waals surface area contributed by atoms with Crippen LogP contribution in [0.25, 0.3) is 10.9 Å². The van der Waals surface area contributed by atoms with Crippen LogP contribution in [0.3, 0.4) is 0 Å². The molecule has 4 heterocycles. The fraction of sp³-hybridized carbons (Fsp3) is 0.318. The number of benzene rings is 1. The molecule has 1 fully saturated rings. The number of anilines is 1. The van der Waals surface area contributed by atoms with Gasteiger partial charge in [0, 0.05) is 23.7 Å². The summed E-state index contributed by atoms with van der Waals surface area (Å²) in [7, 11) is 0. The zero-order valence-electron chi connectivity index (χ0n) is 17.2. The van der Waals surface area contributed by atoms with Gasteiger partial charge < -0.3 is 20.1 Å². The first-order valence-corrected chi connectivity index (χ1v) is 10.5. The molecule has 7 nitrogen and oxygen atoms in total. The van der Waals surface area contributed by atoms with Gasteiger partial charge in [0.05, 0.1) is 59.8 Å². The molecule has 0 saturated carbocycles. The summed E-state index contributed by atoms with van der Waals surface area (Å²) < 4.78 is 49.7. The van der Waals surface area contributed by atoms with Gasteiger partial charge in [0.15, 0.2) is 0 Å². The first-order valence-electron chi connectivity index (χ1n) is 10.1. The van der Waals surface area contributed by atoms with Gasteiger partial charge in [-0.15, -0.1) is 0 Å². The van der Waals surface area contributed by atoms with E-state index < -0.39 is 17.8 Å². The molecule has 0 unspecified atom stereocenters. The van der Waals surface area contributed by atoms with Crippen molar-refractivity contribution in [3.05, 3.63) is 63.4 Å². The third kappa shape index (κ3) is 3.88. The lowest BCUT2D eigenvalue weighted by Crippen LogP contribution is -2.43. The van der Waals surface area contributed by atoms with E-state index in [0.29, 0.717) is 30.2 Å². The van der Waals surface area contributed by atoms with E-state index in [-0.39, 0.29) is 36.3 Å². The predicted molar refractivity (Wildman–Crippen MR) is 113 cm³/mol. The Labute approximate surface area is 191 Å². The van der Waals surface area contributed by atoms with Gasteiger partial charge in [-0.25, -0.2) is 4.98 Å². The van der Waals surface area contributed by atoms with Crippen LogP contribution < -0.4 is 5.73 Å². The minimum absolute atomic E-state index is 0.108. The Kier molecular flexibility index (Phi) is 5.38. The quantitative estimate of drug-likeness (QED) is 0.595. The second kappa shape index (κ2) is 8.12. The number of alkyl halides is 3. The summed E-state index contributed by atoms with van der Waals surface area (Å²) in [6, 6.07) is 4.82. The van der Waals surface area contributed by atoms with Gasteiger partial charge in [0.25, 0.3) is 5.91 Å². The van der Waals surface area contributed by atoms with Crippen molar-refractivity contribution in [3.8, 4) is 0 Å². The van der Waals surface area contributed by atoms with Crippen molar-refractivity contribution in [1.29, 1.82) is 0 Å². The average molecular weight is 479 g/mol. The van der Waals surface area contributed by atoms with Crippen LogP contribution in [0, 0.1) is 0 Å². The largest absolute Gasteiger partial charge is 0.417 e. The lowest BCUT2D eigenvalue weighted by molar-refractivity contribution is -0.137. The fourth-order valence-corrected chi connectivity index (χ4v) is 4.41. The standard InChI is InChI=1S/C22H18ClF3N4O3/c23-16-6-18-12(14-8-33-9-15(14)20(27)29-18)5-13(16)21(31)30-3-4-32-10-19(30)17-2-1-11(7-28-17)22(24,25)26/h1-2,5-7,19H,3-4,8-10H2,(H2,27,29)/t19-/m1/s1. The first kappa shape index (κ1) is 21.9. The third-order valence-electron chi connectivity index (χ3n) is 5.89. The van der Waals surface area contributed by atoms with Crippen LogP contribution in [0.4, 0.5) is 19.0 Å². The van der Waals surface area contributed by atoms with E-state index in [0.717, 1.165) is 28.8 Å². The Morgan fingerprint density at radius 3 is 2.70 bits per heavy atom. The second-order valence-electron chi connectivity index (χ2n) is 7.85. The zero-order valence-corrected chi connectivity index (χ0v) is 17.9. The highest BCUT2D eigenvalue weighted by molar-refractivity contribution is 6.34. The minimum atomic E-state index is -4.50. The SMILES string of the molecule is Nc1nc2cc(Cl)c(C(=O)N3CCOC[C@@H]3c3ccc(C(F)(F)F)cn3)cc2c2c1COC2. The van der Waals surface area contributed by atoms with Crippen LogP contribution in [0.15, 0.2) is 30.5 Å². The van der Waals surface area contributed by atoms with Crippen LogP contribution >= 0.6 is 11.6 Å². The van der Waals surface area contributed by atoms with Crippen molar-refractivity contribution in [3.63, 3.8) is 0 Å². The number of pyridine rings is 2. The normalized spacial score (nSPS) is 18.5. The zero-order chi connectivity index (χ0) is 23.3. The summed E-state index contributed by atoms with van der Waals surface area (Å²) in [4.78, 5) is 23.4. The lowest BCUT2D eigenvalue weighted by atomic mass is 10.0. The number of carbonyl (C=O) groups is 1. The number of aromatic nitrogens is 2. The molecule has 2 aromatic heterocycles. The van der Waals surface area contributed by atoms with E-state index in [2.05, 4.69) is 9.97 Å². The minimum Gasteiger partial charge on any atom is -0.383 e. The molecule has 2 N–H and O–H groups in total. The highest BCUT2D eigenvalue weighted by Gasteiger charge is 2.34. The molecule has 2 aliphatic heterocycles. The highest BCUT2D eigenvalue weighted by atomic mass is 35.5. The van der Waals surface area contributed by atoms with Crippen LogP contribution in [-0.2, 0) is 28.9 Å². The number of hydrogen-bond acceptors (Lipinski definition) is 6. The number of rotatable bonds is 2. The van der Waals surface area contributed by atoms with E-state index in [9.17, 15) is 18.0 Å². The van der Waals surface area contributed by atoms with Gasteiger partial charge in [-0.05, 0) is 29.8 Å². The molecule has 5 rings (SSSR count). The van der Waals surface area contributed by atoms with Gasteiger partial charge in [-0.1, -0.05) is 11.6 Å². The smallest absolute Gasteiger partial charge is 0.383 e. The molecule has 1 aromatic carbocycles. The molecule has 1 atom stereocenters. The molecule has 172 valence electrons. The molecule has 3 aromatic rings. The fourth-order valence-electron chi connectivity index (χ4n) is 4.17. The number of nitrogen functional groups attached to an aromatic ring is 1. The van der Waals surface area contributed by atoms with Gasteiger partial charge in [0.2, 0.25) is 0 Å². The Morgan fingerprint density at radius 1 is 1.18 bits per heavy atom. The molecule has 1 amide bonds. The molecular formula is C22H18ClF3N4O3. The third-order valence-corrected chi connectivity index (χ3v) is 6.21. The summed E-state index contributed by atoms with van der Waals surface area (Å²) in [5.41, 5.74) is 7.93. The van der Waals surface area contributed by atoms with Crippen molar-refractivity contribution in [2.45, 2.75) is 25.4 Å². The Morgan fingerprint density at radius 2 is 1.97 bits per heavy atom. The summed E-state index contributed by atoms with van der Waals surface area (Å²) in [6.45, 7) is 1.33. The van der Waals surface area contributed by atoms with Crippen LogP contribution in [0.1, 0.15) is 38.8 Å². The monoisotopic (exact) mass is 478 g/mol. The average Bonchev–Trinajstić information content (AvgIpc) is 3.29. The maximum atomic E-state index is 13.5. The molecule has 11 heteroatoms. The number of amides is 1. The second-order valence-corrected chi connectivity index (χ2v) is 8.26. The molecule has 33 heavy (non-hydrogen) atoms. The van der Waals surface area contributed by atoms with E-state index >= 15 is 0 Å². The molecular weight excluding hydrogens is 461 g/mol. The number of halogens is 4. The topological polar surface area (TPSA) is 90.6 Å². The van der Waals surface area contributed by atoms with E-state index in [1.54, 1.807) is 12.1 Å². The summed E-state index contributed by atoms with van der Waals surface area (Å²) >= 11 is 6.45. The van der Waals surface area contributed by atoms with Crippen molar-refractivity contribution in [2.24, 2.45) is 0 Å². The van der Waals surface area contributed by atoms with E-state index in [1.165, 1.54) is 11.0 Å². The lowest BCUT2D eigenvalue weighted by Gasteiger charge is -2.35. The van der Waals surface area contributed by atoms with Crippen molar-refractivity contribution < 1.29 is 27.4 Å². The van der Waals surface area contributed by atoms with E-state index in [1.807, 2.05) is 0 Å². The summed E-state index contributed by atoms with van der Waals surface area (Å²) in [5, 5.41) is 0.922. The summed E-state index contributed by atoms with van der Waals surface area (Å²) in [5.74, 6) is -0.00634. The summed E-state index contributed by atoms with van der Waals surface area (Å²) in [6.07, 6.45) is -3.74. The maximum Gasteiger partial charge on any atom is 0.417 e. The van der Waals surface area contributed by atoms with Crippen molar-refractivity contribution >= 4 is 34.2 Å². The van der Waals surface area contributed by atoms with Crippen molar-refractivity contribution in [1.82, 2.24) is 14.9 Å². The maximum absolute atomic E-state index is 13.5. The highest BCUT2D eigenvalue weighted by Crippen LogP contribution is 2.36. The predicted octanol–water partition coefficient (Wildman–Crippen LogP) is 4.13. The van der Waals surface area contributed by atoms with Gasteiger partial charge >= 0.3 is 6.18 Å². The van der Waals surface area contributed by atoms with Crippen molar-refractivity contribution in [2.75, 3.05) is 25.5 Å². The molecule has 1 saturated heterocycles. The first-order chi connectivity index (χ1) is 15.7.